The van der Waals surface area contributed by atoms with Gasteiger partial charge in [0.05, 0.1) is 18.3 Å². The van der Waals surface area contributed by atoms with E-state index in [1.165, 1.54) is 0 Å². The van der Waals surface area contributed by atoms with E-state index in [1.807, 2.05) is 72.5 Å². The average Bonchev–Trinajstić information content (AvgIpc) is 3.76. The topological polar surface area (TPSA) is 152 Å². The lowest BCUT2D eigenvalue weighted by Gasteiger charge is -2.34. The number of hydroxylamine groups is 2. The third-order valence-corrected chi connectivity index (χ3v) is 9.30. The molecule has 17 heteroatoms. The van der Waals surface area contributed by atoms with Crippen LogP contribution < -0.4 is 15.5 Å². The van der Waals surface area contributed by atoms with Crippen molar-refractivity contribution in [1.29, 1.82) is 0 Å². The number of ether oxygens (including phenoxy) is 2. The lowest BCUT2D eigenvalue weighted by molar-refractivity contribution is -0.154. The van der Waals surface area contributed by atoms with Crippen LogP contribution in [0, 0.1) is 18.8 Å². The van der Waals surface area contributed by atoms with Gasteiger partial charge in [0.25, 0.3) is 0 Å². The number of nitrogens with zero attached hydrogens (tertiary/aromatic N) is 8. The molecular weight excluding hydrogens is 714 g/mol. The quantitative estimate of drug-likeness (QED) is 0.177. The molecule has 2 fully saturated rings. The maximum Gasteiger partial charge on any atom is 0.410 e. The van der Waals surface area contributed by atoms with Gasteiger partial charge < -0.3 is 24.6 Å². The number of rotatable bonds is 11. The number of carbonyl (C=O) groups excluding carboxylic acids is 2. The van der Waals surface area contributed by atoms with Gasteiger partial charge in [-0.05, 0) is 42.3 Å². The first-order valence-corrected chi connectivity index (χ1v) is 17.7. The summed E-state index contributed by atoms with van der Waals surface area (Å²) in [6, 6.07) is 19.8. The molecule has 0 spiro atoms. The second kappa shape index (κ2) is 17.0. The summed E-state index contributed by atoms with van der Waals surface area (Å²) in [5, 5.41) is 12.3. The number of nitrogens with one attached hydrogen (secondary N) is 2. The van der Waals surface area contributed by atoms with Gasteiger partial charge in [-0.2, -0.15) is 23.9 Å². The first-order valence-electron chi connectivity index (χ1n) is 17.7. The van der Waals surface area contributed by atoms with Gasteiger partial charge in [0, 0.05) is 69.9 Å². The summed E-state index contributed by atoms with van der Waals surface area (Å²) >= 11 is 0. The normalized spacial score (nSPS) is 17.3. The lowest BCUT2D eigenvalue weighted by Crippen LogP contribution is -2.49. The van der Waals surface area contributed by atoms with Crippen molar-refractivity contribution in [3.63, 3.8) is 0 Å². The fraction of sp³-hybridized carbons (Fsp3) is 0.316. The van der Waals surface area contributed by atoms with Gasteiger partial charge in [0.2, 0.25) is 17.8 Å². The molecule has 0 saturated carbocycles. The highest BCUT2D eigenvalue weighted by Gasteiger charge is 2.37. The molecule has 2 atom stereocenters. The maximum atomic E-state index is 14.1. The molecular formula is C38H40F2N10O5. The van der Waals surface area contributed by atoms with Gasteiger partial charge in [0.15, 0.2) is 0 Å². The molecule has 5 heterocycles. The number of halogens is 2. The van der Waals surface area contributed by atoms with E-state index in [9.17, 15) is 18.4 Å². The fourth-order valence-corrected chi connectivity index (χ4v) is 6.48. The second-order valence-electron chi connectivity index (χ2n) is 13.0. The van der Waals surface area contributed by atoms with Gasteiger partial charge in [0.1, 0.15) is 24.2 Å². The Morgan fingerprint density at radius 2 is 1.62 bits per heavy atom. The number of para-hydroxylation sites is 1. The molecule has 7 rings (SSSR count). The van der Waals surface area contributed by atoms with Crippen LogP contribution in [0.2, 0.25) is 0 Å². The number of piperazine rings is 1. The number of benzene rings is 2. The number of methoxy groups -OCH3 is 1. The number of anilines is 2. The first-order chi connectivity index (χ1) is 26.7. The number of aromatic nitrogens is 5. The van der Waals surface area contributed by atoms with Crippen molar-refractivity contribution in [2.45, 2.75) is 25.7 Å². The summed E-state index contributed by atoms with van der Waals surface area (Å²) in [6.07, 6.45) is 2.11. The Hall–Kier alpha value is -6.04. The maximum absolute atomic E-state index is 14.1. The minimum Gasteiger partial charge on any atom is -0.445 e. The van der Waals surface area contributed by atoms with Crippen molar-refractivity contribution < 1.29 is 32.7 Å². The van der Waals surface area contributed by atoms with Crippen LogP contribution in [0.4, 0.5) is 30.1 Å². The number of carbonyl (C=O) groups is 2. The standard InChI is InChI=1S/C38H40F2N10O5/c1-25-33(28-21-41-36(42-22-28)47-13-15-48(16-14-47)38(52)54-24-26-9-5-3-6-10-26)46-50(29-11-7-4-8-12-29)35(25)45-37(51)43-30-23-49(17-18-53-2)55-34(30)27-19-31(39)44-32(40)20-27/h3-12,19-22,30,34H,13-18,23-24H2,1-2H3,(H2,43,45,51)/t30-,34+/m1/s1. The largest absolute Gasteiger partial charge is 0.445 e. The minimum atomic E-state index is -0.997. The molecule has 2 saturated heterocycles. The molecule has 0 unspecified atom stereocenters. The van der Waals surface area contributed by atoms with Crippen molar-refractivity contribution in [2.24, 2.45) is 0 Å². The monoisotopic (exact) mass is 754 g/mol. The van der Waals surface area contributed by atoms with E-state index < -0.39 is 30.1 Å². The summed E-state index contributed by atoms with van der Waals surface area (Å²) < 4.78 is 40.5. The van der Waals surface area contributed by atoms with Crippen LogP contribution in [0.5, 0.6) is 0 Å². The number of hydrogen-bond donors (Lipinski definition) is 2. The van der Waals surface area contributed by atoms with Crippen LogP contribution in [-0.4, -0.2) is 106 Å². The molecule has 2 aromatic carbocycles. The highest BCUT2D eigenvalue weighted by atomic mass is 19.1. The Morgan fingerprint density at radius 3 is 2.29 bits per heavy atom. The second-order valence-corrected chi connectivity index (χ2v) is 13.0. The zero-order valence-corrected chi connectivity index (χ0v) is 30.3. The Morgan fingerprint density at radius 1 is 0.945 bits per heavy atom. The molecule has 2 aliphatic heterocycles. The molecule has 0 aliphatic carbocycles. The zero-order chi connectivity index (χ0) is 38.3. The number of pyridine rings is 1. The predicted octanol–water partition coefficient (Wildman–Crippen LogP) is 4.89. The van der Waals surface area contributed by atoms with Gasteiger partial charge in [-0.3, -0.25) is 10.2 Å². The van der Waals surface area contributed by atoms with Crippen molar-refractivity contribution in [1.82, 2.24) is 40.0 Å². The molecule has 55 heavy (non-hydrogen) atoms. The summed E-state index contributed by atoms with van der Waals surface area (Å²) in [4.78, 5) is 48.4. The lowest BCUT2D eigenvalue weighted by atomic mass is 10.0. The fourth-order valence-electron chi connectivity index (χ4n) is 6.48. The van der Waals surface area contributed by atoms with E-state index in [0.717, 1.165) is 17.7 Å². The van der Waals surface area contributed by atoms with E-state index >= 15 is 0 Å². The summed E-state index contributed by atoms with van der Waals surface area (Å²) in [5.41, 5.74) is 3.64. The highest BCUT2D eigenvalue weighted by molar-refractivity contribution is 5.91. The van der Waals surface area contributed by atoms with Crippen molar-refractivity contribution in [3.8, 4) is 16.9 Å². The SMILES string of the molecule is COCCN1C[C@@H](NC(=O)Nc2c(C)c(-c3cnc(N4CCN(C(=O)OCc5ccccc5)CC4)nc3)nn2-c2ccccc2)[C@H](c2cc(F)nc(F)c2)O1. The number of urea groups is 1. The molecule has 286 valence electrons. The highest BCUT2D eigenvalue weighted by Crippen LogP contribution is 2.32. The van der Waals surface area contributed by atoms with Crippen molar-refractivity contribution in [2.75, 3.05) is 63.2 Å². The Balaban J connectivity index is 1.05. The summed E-state index contributed by atoms with van der Waals surface area (Å²) in [5.74, 6) is -1.08. The van der Waals surface area contributed by atoms with Gasteiger partial charge >= 0.3 is 12.1 Å². The number of amides is 3. The molecule has 15 nitrogen and oxygen atoms in total. The Kier molecular flexibility index (Phi) is 11.5. The first kappa shape index (κ1) is 37.3. The minimum absolute atomic E-state index is 0.190. The van der Waals surface area contributed by atoms with Crippen molar-refractivity contribution >= 4 is 23.9 Å². The zero-order valence-electron chi connectivity index (χ0n) is 30.3. The molecule has 3 aromatic heterocycles. The van der Waals surface area contributed by atoms with Crippen LogP contribution in [0.25, 0.3) is 16.9 Å². The third kappa shape index (κ3) is 8.86. The van der Waals surface area contributed by atoms with E-state index in [1.54, 1.807) is 34.1 Å². The molecule has 0 bridgehead atoms. The van der Waals surface area contributed by atoms with Crippen molar-refractivity contribution in [3.05, 3.63) is 114 Å². The van der Waals surface area contributed by atoms with E-state index in [4.69, 9.17) is 19.4 Å². The van der Waals surface area contributed by atoms with Crippen LogP contribution >= 0.6 is 0 Å². The van der Waals surface area contributed by atoms with Crippen LogP contribution in [0.3, 0.4) is 0 Å². The average molecular weight is 755 g/mol. The van der Waals surface area contributed by atoms with Gasteiger partial charge in [-0.25, -0.2) is 24.2 Å². The van der Waals surface area contributed by atoms with Crippen LogP contribution in [0.1, 0.15) is 22.8 Å². The predicted molar refractivity (Wildman–Crippen MR) is 197 cm³/mol. The number of hydrogen-bond acceptors (Lipinski definition) is 11. The van der Waals surface area contributed by atoms with Crippen LogP contribution in [-0.2, 0) is 20.9 Å². The molecule has 3 amide bonds. The summed E-state index contributed by atoms with van der Waals surface area (Å²) in [7, 11) is 1.55. The van der Waals surface area contributed by atoms with Gasteiger partial charge in [-0.1, -0.05) is 48.5 Å². The Labute approximate surface area is 315 Å². The Bertz CT molecular complexity index is 2060. The smallest absolute Gasteiger partial charge is 0.410 e. The van der Waals surface area contributed by atoms with Gasteiger partial charge in [-0.15, -0.1) is 0 Å². The van der Waals surface area contributed by atoms with Crippen LogP contribution in [0.15, 0.2) is 85.2 Å². The molecule has 5 aromatic rings. The molecule has 2 aliphatic rings. The summed E-state index contributed by atoms with van der Waals surface area (Å²) in [6.45, 7) is 4.98. The van der Waals surface area contributed by atoms with E-state index in [0.29, 0.717) is 73.6 Å². The van der Waals surface area contributed by atoms with E-state index in [2.05, 4.69) is 25.6 Å². The molecule has 0 radical (unpaired) electrons. The third-order valence-electron chi connectivity index (χ3n) is 9.30. The van der Waals surface area contributed by atoms with E-state index in [-0.39, 0.29) is 24.8 Å². The molecule has 2 N–H and O–H groups in total.